The van der Waals surface area contributed by atoms with E-state index < -0.39 is 0 Å². The molecule has 6 heteroatoms. The lowest BCUT2D eigenvalue weighted by atomic mass is 10.2. The van der Waals surface area contributed by atoms with Crippen LogP contribution in [-0.2, 0) is 6.42 Å². The SMILES string of the molecule is CCCc1nc(NN)cc(NCC2CCCN2C)n1. The lowest BCUT2D eigenvalue weighted by molar-refractivity contribution is 0.322. The molecular formula is C13H24N6. The number of hydrogen-bond acceptors (Lipinski definition) is 6. The van der Waals surface area contributed by atoms with Gasteiger partial charge in [-0.05, 0) is 32.9 Å². The molecular weight excluding hydrogens is 240 g/mol. The molecule has 4 N–H and O–H groups in total. The summed E-state index contributed by atoms with van der Waals surface area (Å²) < 4.78 is 0. The highest BCUT2D eigenvalue weighted by molar-refractivity contribution is 5.47. The summed E-state index contributed by atoms with van der Waals surface area (Å²) in [5.41, 5.74) is 2.60. The standard InChI is InChI=1S/C13H24N6/c1-3-5-11-16-12(8-13(17-11)18-14)15-9-10-6-4-7-19(10)2/h8,10H,3-7,9,14H2,1-2H3,(H2,15,16,17,18). The van der Waals surface area contributed by atoms with Crippen LogP contribution in [0.1, 0.15) is 32.0 Å². The van der Waals surface area contributed by atoms with Crippen molar-refractivity contribution in [2.45, 2.75) is 38.6 Å². The van der Waals surface area contributed by atoms with Crippen molar-refractivity contribution in [2.75, 3.05) is 30.9 Å². The second-order valence-electron chi connectivity index (χ2n) is 5.11. The molecule has 1 unspecified atom stereocenters. The van der Waals surface area contributed by atoms with Crippen LogP contribution >= 0.6 is 0 Å². The number of nitrogen functional groups attached to an aromatic ring is 1. The molecule has 0 saturated carbocycles. The molecule has 106 valence electrons. The van der Waals surface area contributed by atoms with Crippen LogP contribution in [0, 0.1) is 0 Å². The van der Waals surface area contributed by atoms with Gasteiger partial charge in [-0.15, -0.1) is 0 Å². The van der Waals surface area contributed by atoms with Gasteiger partial charge >= 0.3 is 0 Å². The number of likely N-dealkylation sites (tertiary alicyclic amines) is 1. The average molecular weight is 264 g/mol. The third kappa shape index (κ3) is 3.78. The molecule has 2 heterocycles. The van der Waals surface area contributed by atoms with E-state index in [9.17, 15) is 0 Å². The Hall–Kier alpha value is -1.40. The van der Waals surface area contributed by atoms with Crippen molar-refractivity contribution in [1.29, 1.82) is 0 Å². The number of hydrazine groups is 1. The van der Waals surface area contributed by atoms with Crippen LogP contribution in [0.4, 0.5) is 11.6 Å². The zero-order chi connectivity index (χ0) is 13.7. The Balaban J connectivity index is 2.00. The number of nitrogens with zero attached hydrogens (tertiary/aromatic N) is 3. The van der Waals surface area contributed by atoms with E-state index in [2.05, 4.69) is 39.6 Å². The summed E-state index contributed by atoms with van der Waals surface area (Å²) in [5.74, 6) is 7.80. The van der Waals surface area contributed by atoms with Crippen molar-refractivity contribution in [1.82, 2.24) is 14.9 Å². The van der Waals surface area contributed by atoms with E-state index in [1.165, 1.54) is 19.4 Å². The second kappa shape index (κ2) is 6.68. The number of nitrogens with two attached hydrogens (primary N) is 1. The van der Waals surface area contributed by atoms with Gasteiger partial charge in [0.25, 0.3) is 0 Å². The Morgan fingerprint density at radius 1 is 1.42 bits per heavy atom. The molecule has 6 nitrogen and oxygen atoms in total. The van der Waals surface area contributed by atoms with E-state index in [1.54, 1.807) is 0 Å². The molecule has 0 bridgehead atoms. The first-order chi connectivity index (χ1) is 9.22. The number of rotatable bonds is 6. The van der Waals surface area contributed by atoms with Crippen LogP contribution < -0.4 is 16.6 Å². The topological polar surface area (TPSA) is 79.1 Å². The molecule has 1 atom stereocenters. The van der Waals surface area contributed by atoms with E-state index in [1.807, 2.05) is 6.07 Å². The summed E-state index contributed by atoms with van der Waals surface area (Å²) in [6.07, 6.45) is 4.42. The molecule has 1 fully saturated rings. The molecule has 19 heavy (non-hydrogen) atoms. The number of aromatic nitrogens is 2. The molecule has 0 spiro atoms. The first kappa shape index (κ1) is 14.0. The summed E-state index contributed by atoms with van der Waals surface area (Å²) in [5, 5.41) is 3.40. The van der Waals surface area contributed by atoms with Crippen molar-refractivity contribution in [3.05, 3.63) is 11.9 Å². The van der Waals surface area contributed by atoms with Crippen LogP contribution in [-0.4, -0.2) is 41.0 Å². The largest absolute Gasteiger partial charge is 0.368 e. The third-order valence-corrected chi connectivity index (χ3v) is 3.58. The van der Waals surface area contributed by atoms with Gasteiger partial charge in [-0.1, -0.05) is 6.92 Å². The summed E-state index contributed by atoms with van der Waals surface area (Å²) in [4.78, 5) is 11.3. The van der Waals surface area contributed by atoms with Gasteiger partial charge in [0.1, 0.15) is 17.5 Å². The normalized spacial score (nSPS) is 19.6. The number of nitrogens with one attached hydrogen (secondary N) is 2. The van der Waals surface area contributed by atoms with Gasteiger partial charge in [-0.25, -0.2) is 15.8 Å². The molecule has 0 radical (unpaired) electrons. The lowest BCUT2D eigenvalue weighted by Gasteiger charge is -2.20. The van der Waals surface area contributed by atoms with Gasteiger partial charge in [0.2, 0.25) is 0 Å². The molecule has 1 aliphatic heterocycles. The van der Waals surface area contributed by atoms with Gasteiger partial charge in [0.15, 0.2) is 0 Å². The average Bonchev–Trinajstić information content (AvgIpc) is 2.82. The summed E-state index contributed by atoms with van der Waals surface area (Å²) in [7, 11) is 2.18. The zero-order valence-corrected chi connectivity index (χ0v) is 11.8. The fraction of sp³-hybridized carbons (Fsp3) is 0.692. The van der Waals surface area contributed by atoms with Gasteiger partial charge < -0.3 is 15.6 Å². The molecule has 1 aromatic heterocycles. The fourth-order valence-corrected chi connectivity index (χ4v) is 2.46. The highest BCUT2D eigenvalue weighted by Gasteiger charge is 2.20. The Labute approximate surface area is 114 Å². The van der Waals surface area contributed by atoms with Crippen molar-refractivity contribution >= 4 is 11.6 Å². The molecule has 2 rings (SSSR count). The zero-order valence-electron chi connectivity index (χ0n) is 11.8. The summed E-state index contributed by atoms with van der Waals surface area (Å²) >= 11 is 0. The van der Waals surface area contributed by atoms with E-state index in [-0.39, 0.29) is 0 Å². The molecule has 0 aliphatic carbocycles. The Morgan fingerprint density at radius 2 is 2.21 bits per heavy atom. The van der Waals surface area contributed by atoms with Crippen molar-refractivity contribution in [2.24, 2.45) is 5.84 Å². The molecule has 0 aromatic carbocycles. The van der Waals surface area contributed by atoms with Crippen LogP contribution in [0.2, 0.25) is 0 Å². The van der Waals surface area contributed by atoms with Gasteiger partial charge in [0, 0.05) is 25.1 Å². The van der Waals surface area contributed by atoms with Crippen LogP contribution in [0.3, 0.4) is 0 Å². The highest BCUT2D eigenvalue weighted by Crippen LogP contribution is 2.16. The first-order valence-electron chi connectivity index (χ1n) is 7.01. The summed E-state index contributed by atoms with van der Waals surface area (Å²) in [6.45, 7) is 4.22. The monoisotopic (exact) mass is 264 g/mol. The predicted molar refractivity (Wildman–Crippen MR) is 78.0 cm³/mol. The summed E-state index contributed by atoms with van der Waals surface area (Å²) in [6, 6.07) is 2.45. The quantitative estimate of drug-likeness (QED) is 0.529. The van der Waals surface area contributed by atoms with Crippen molar-refractivity contribution in [3.8, 4) is 0 Å². The smallest absolute Gasteiger partial charge is 0.145 e. The van der Waals surface area contributed by atoms with E-state index in [0.717, 1.165) is 31.0 Å². The second-order valence-corrected chi connectivity index (χ2v) is 5.11. The predicted octanol–water partition coefficient (Wildman–Crippen LogP) is 1.22. The van der Waals surface area contributed by atoms with Gasteiger partial charge in [0.05, 0.1) is 0 Å². The molecule has 1 saturated heterocycles. The van der Waals surface area contributed by atoms with Gasteiger partial charge in [-0.3, -0.25) is 0 Å². The van der Waals surface area contributed by atoms with Crippen LogP contribution in [0.25, 0.3) is 0 Å². The van der Waals surface area contributed by atoms with Crippen LogP contribution in [0.15, 0.2) is 6.07 Å². The van der Waals surface area contributed by atoms with Gasteiger partial charge in [-0.2, -0.15) is 0 Å². The first-order valence-corrected chi connectivity index (χ1v) is 7.01. The van der Waals surface area contributed by atoms with E-state index in [4.69, 9.17) is 5.84 Å². The number of hydrogen-bond donors (Lipinski definition) is 3. The maximum atomic E-state index is 5.45. The Kier molecular flexibility index (Phi) is 4.93. The van der Waals surface area contributed by atoms with Crippen LogP contribution in [0.5, 0.6) is 0 Å². The minimum absolute atomic E-state index is 0.596. The number of likely N-dealkylation sites (N-methyl/N-ethyl adjacent to an activating group) is 1. The molecule has 1 aromatic rings. The number of anilines is 2. The third-order valence-electron chi connectivity index (χ3n) is 3.58. The lowest BCUT2D eigenvalue weighted by Crippen LogP contribution is -2.31. The fourth-order valence-electron chi connectivity index (χ4n) is 2.46. The highest BCUT2D eigenvalue weighted by atomic mass is 15.3. The minimum atomic E-state index is 0.596. The maximum Gasteiger partial charge on any atom is 0.145 e. The molecule has 0 amide bonds. The van der Waals surface area contributed by atoms with Crippen molar-refractivity contribution < 1.29 is 0 Å². The Morgan fingerprint density at radius 3 is 2.84 bits per heavy atom. The van der Waals surface area contributed by atoms with Crippen molar-refractivity contribution in [3.63, 3.8) is 0 Å². The van der Waals surface area contributed by atoms with E-state index >= 15 is 0 Å². The van der Waals surface area contributed by atoms with E-state index in [0.29, 0.717) is 11.9 Å². The number of aryl methyl sites for hydroxylation is 1. The minimum Gasteiger partial charge on any atom is -0.368 e. The molecule has 1 aliphatic rings. The Bertz CT molecular complexity index is 408. The maximum absolute atomic E-state index is 5.45.